The smallest absolute Gasteiger partial charge is 0.224 e. The van der Waals surface area contributed by atoms with Crippen molar-refractivity contribution in [3.63, 3.8) is 0 Å². The lowest BCUT2D eigenvalue weighted by molar-refractivity contribution is -0.116. The van der Waals surface area contributed by atoms with Gasteiger partial charge in [0.1, 0.15) is 5.01 Å². The normalized spacial score (nSPS) is 10.9. The van der Waals surface area contributed by atoms with Crippen molar-refractivity contribution in [2.75, 3.05) is 12.4 Å². The van der Waals surface area contributed by atoms with E-state index in [9.17, 15) is 4.79 Å². The van der Waals surface area contributed by atoms with Gasteiger partial charge in [-0.05, 0) is 30.5 Å². The van der Waals surface area contributed by atoms with Crippen LogP contribution in [-0.2, 0) is 24.3 Å². The van der Waals surface area contributed by atoms with E-state index in [2.05, 4.69) is 32.9 Å². The molecule has 1 aromatic heterocycles. The monoisotopic (exact) mass is 501 g/mol. The Hall–Kier alpha value is -1.68. The van der Waals surface area contributed by atoms with Crippen molar-refractivity contribution in [3.05, 3.63) is 45.9 Å². The third-order valence-corrected chi connectivity index (χ3v) is 4.90. The molecule has 2 aromatic rings. The molecule has 0 aliphatic heterocycles. The molecule has 1 aromatic carbocycles. The summed E-state index contributed by atoms with van der Waals surface area (Å²) < 4.78 is 0. The van der Waals surface area contributed by atoms with Crippen LogP contribution >= 0.6 is 35.3 Å². The van der Waals surface area contributed by atoms with Crippen LogP contribution in [0.15, 0.2) is 35.5 Å². The molecule has 27 heavy (non-hydrogen) atoms. The fraction of sp³-hybridized carbons (Fsp3) is 0.421. The number of nitrogens with zero attached hydrogens (tertiary/aromatic N) is 2. The number of guanidine groups is 1. The van der Waals surface area contributed by atoms with Crippen LogP contribution in [0.3, 0.4) is 0 Å². The summed E-state index contributed by atoms with van der Waals surface area (Å²) in [6.45, 7) is 5.44. The largest absolute Gasteiger partial charge is 0.352 e. The Morgan fingerprint density at radius 3 is 2.44 bits per heavy atom. The Kier molecular flexibility index (Phi) is 11.0. The maximum absolute atomic E-state index is 11.6. The molecule has 0 spiro atoms. The second-order valence-electron chi connectivity index (χ2n) is 5.85. The molecule has 6 nitrogen and oxygen atoms in total. The number of nitrogens with one attached hydrogen (secondary N) is 3. The summed E-state index contributed by atoms with van der Waals surface area (Å²) in [5.41, 5.74) is 1.94. The summed E-state index contributed by atoms with van der Waals surface area (Å²) in [6.07, 6.45) is 4.34. The molecule has 0 bridgehead atoms. The number of amides is 1. The van der Waals surface area contributed by atoms with Gasteiger partial charge in [0, 0.05) is 36.8 Å². The predicted octanol–water partition coefficient (Wildman–Crippen LogP) is 3.93. The molecule has 0 aliphatic carbocycles. The van der Waals surface area contributed by atoms with Crippen LogP contribution in [-0.4, -0.2) is 23.9 Å². The SMILES string of the molecule is CCCC(=O)Nc1ccc(CNC(=NC)NCc2ncc(CC)s2)cc1.I. The molecule has 1 amide bonds. The number of anilines is 1. The van der Waals surface area contributed by atoms with Crippen molar-refractivity contribution in [2.24, 2.45) is 4.99 Å². The summed E-state index contributed by atoms with van der Waals surface area (Å²) in [5, 5.41) is 10.5. The standard InChI is InChI=1S/C19H27N5OS.HI/c1-4-6-17(25)24-15-9-7-14(8-10-15)11-22-19(20-3)23-13-18-21-12-16(5-2)26-18;/h7-10,12H,4-6,11,13H2,1-3H3,(H,24,25)(H2,20,22,23);1H. The maximum atomic E-state index is 11.6. The maximum Gasteiger partial charge on any atom is 0.224 e. The molecular weight excluding hydrogens is 473 g/mol. The van der Waals surface area contributed by atoms with Gasteiger partial charge in [0.25, 0.3) is 0 Å². The van der Waals surface area contributed by atoms with Crippen LogP contribution in [0.1, 0.15) is 42.1 Å². The van der Waals surface area contributed by atoms with Gasteiger partial charge in [0.05, 0.1) is 6.54 Å². The van der Waals surface area contributed by atoms with Crippen molar-refractivity contribution < 1.29 is 4.79 Å². The van der Waals surface area contributed by atoms with Crippen LogP contribution in [0, 0.1) is 0 Å². The summed E-state index contributed by atoms with van der Waals surface area (Å²) in [4.78, 5) is 21.5. The average molecular weight is 501 g/mol. The van der Waals surface area contributed by atoms with Gasteiger partial charge in [-0.25, -0.2) is 4.98 Å². The van der Waals surface area contributed by atoms with Crippen molar-refractivity contribution in [3.8, 4) is 0 Å². The lowest BCUT2D eigenvalue weighted by Gasteiger charge is -2.11. The van der Waals surface area contributed by atoms with Crippen LogP contribution in [0.25, 0.3) is 0 Å². The van der Waals surface area contributed by atoms with Gasteiger partial charge in [-0.2, -0.15) is 0 Å². The fourth-order valence-electron chi connectivity index (χ4n) is 2.32. The van der Waals surface area contributed by atoms with E-state index < -0.39 is 0 Å². The number of carbonyl (C=O) groups excluding carboxylic acids is 1. The van der Waals surface area contributed by atoms with Crippen LogP contribution in [0.4, 0.5) is 5.69 Å². The van der Waals surface area contributed by atoms with Crippen molar-refractivity contribution in [2.45, 2.75) is 46.2 Å². The van der Waals surface area contributed by atoms with E-state index in [1.807, 2.05) is 37.4 Å². The molecule has 2 rings (SSSR count). The molecule has 148 valence electrons. The number of rotatable bonds is 8. The first-order valence-corrected chi connectivity index (χ1v) is 9.73. The second kappa shape index (κ2) is 12.7. The van der Waals surface area contributed by atoms with E-state index in [-0.39, 0.29) is 29.9 Å². The lowest BCUT2D eigenvalue weighted by atomic mass is 10.2. The Labute approximate surface area is 182 Å². The number of benzene rings is 1. The molecule has 0 radical (unpaired) electrons. The average Bonchev–Trinajstić information content (AvgIpc) is 3.11. The van der Waals surface area contributed by atoms with Gasteiger partial charge < -0.3 is 16.0 Å². The van der Waals surface area contributed by atoms with Gasteiger partial charge in [-0.15, -0.1) is 35.3 Å². The zero-order chi connectivity index (χ0) is 18.8. The number of hydrogen-bond acceptors (Lipinski definition) is 4. The number of aryl methyl sites for hydroxylation is 1. The highest BCUT2D eigenvalue weighted by Crippen LogP contribution is 2.13. The summed E-state index contributed by atoms with van der Waals surface area (Å²) in [6, 6.07) is 7.83. The highest BCUT2D eigenvalue weighted by Gasteiger charge is 2.04. The Morgan fingerprint density at radius 2 is 1.85 bits per heavy atom. The van der Waals surface area contributed by atoms with Crippen LogP contribution in [0.2, 0.25) is 0 Å². The van der Waals surface area contributed by atoms with E-state index >= 15 is 0 Å². The Bertz CT molecular complexity index is 730. The van der Waals surface area contributed by atoms with Gasteiger partial charge in [0.15, 0.2) is 5.96 Å². The number of thiazole rings is 1. The minimum Gasteiger partial charge on any atom is -0.352 e. The molecule has 0 aliphatic rings. The van der Waals surface area contributed by atoms with E-state index in [0.717, 1.165) is 35.1 Å². The molecule has 0 atom stereocenters. The molecule has 0 unspecified atom stereocenters. The first-order valence-electron chi connectivity index (χ1n) is 8.91. The first-order chi connectivity index (χ1) is 12.6. The van der Waals surface area contributed by atoms with Gasteiger partial charge >= 0.3 is 0 Å². The third-order valence-electron chi connectivity index (χ3n) is 3.76. The zero-order valence-electron chi connectivity index (χ0n) is 16.0. The van der Waals surface area contributed by atoms with Crippen LogP contribution in [0.5, 0.6) is 0 Å². The van der Waals surface area contributed by atoms with Gasteiger partial charge in [-0.3, -0.25) is 9.79 Å². The Morgan fingerprint density at radius 1 is 1.15 bits per heavy atom. The summed E-state index contributed by atoms with van der Waals surface area (Å²) in [5.74, 6) is 0.787. The van der Waals surface area contributed by atoms with E-state index in [1.54, 1.807) is 18.4 Å². The highest BCUT2D eigenvalue weighted by atomic mass is 127. The van der Waals surface area contributed by atoms with Crippen molar-refractivity contribution in [1.82, 2.24) is 15.6 Å². The molecule has 0 fully saturated rings. The topological polar surface area (TPSA) is 78.4 Å². The van der Waals surface area contributed by atoms with E-state index in [0.29, 0.717) is 19.5 Å². The van der Waals surface area contributed by atoms with Gasteiger partial charge in [0.2, 0.25) is 5.91 Å². The molecule has 3 N–H and O–H groups in total. The molecule has 0 saturated carbocycles. The highest BCUT2D eigenvalue weighted by molar-refractivity contribution is 14.0. The molecule has 8 heteroatoms. The number of halogens is 1. The quantitative estimate of drug-likeness (QED) is 0.291. The number of carbonyl (C=O) groups is 1. The Balaban J connectivity index is 0.00000364. The second-order valence-corrected chi connectivity index (χ2v) is 7.05. The van der Waals surface area contributed by atoms with Gasteiger partial charge in [-0.1, -0.05) is 26.0 Å². The number of aromatic nitrogens is 1. The number of hydrogen-bond donors (Lipinski definition) is 3. The minimum atomic E-state index is 0. The number of aliphatic imine (C=N–C) groups is 1. The molecule has 1 heterocycles. The van der Waals surface area contributed by atoms with E-state index in [1.165, 1.54) is 4.88 Å². The minimum absolute atomic E-state index is 0. The summed E-state index contributed by atoms with van der Waals surface area (Å²) >= 11 is 1.72. The summed E-state index contributed by atoms with van der Waals surface area (Å²) in [7, 11) is 1.75. The molecular formula is C19H28IN5OS. The first kappa shape index (κ1) is 23.4. The van der Waals surface area contributed by atoms with Crippen LogP contribution < -0.4 is 16.0 Å². The van der Waals surface area contributed by atoms with Crippen molar-refractivity contribution in [1.29, 1.82) is 0 Å². The van der Waals surface area contributed by atoms with E-state index in [4.69, 9.17) is 0 Å². The van der Waals surface area contributed by atoms with Crippen molar-refractivity contribution >= 4 is 52.9 Å². The molecule has 0 saturated heterocycles. The fourth-order valence-corrected chi connectivity index (χ4v) is 3.12. The predicted molar refractivity (Wildman–Crippen MR) is 124 cm³/mol. The lowest BCUT2D eigenvalue weighted by Crippen LogP contribution is -2.36. The zero-order valence-corrected chi connectivity index (χ0v) is 19.2. The third kappa shape index (κ3) is 8.25.